The van der Waals surface area contributed by atoms with Gasteiger partial charge in [-0.05, 0) is 26.9 Å². The Kier molecular flexibility index (Phi) is 7.93. The maximum atomic E-state index is 9.96. The lowest BCUT2D eigenvalue weighted by Crippen LogP contribution is -2.43. The van der Waals surface area contributed by atoms with Crippen molar-refractivity contribution in [2.45, 2.75) is 26.4 Å². The zero-order valence-corrected chi connectivity index (χ0v) is 11.4. The lowest BCUT2D eigenvalue weighted by Gasteiger charge is -2.27. The number of rotatable bonds is 9. The topological polar surface area (TPSA) is 44.7 Å². The van der Waals surface area contributed by atoms with Crippen LogP contribution >= 0.6 is 0 Å². The van der Waals surface area contributed by atoms with Gasteiger partial charge in [-0.2, -0.15) is 0 Å². The zero-order chi connectivity index (χ0) is 12.6. The highest BCUT2D eigenvalue weighted by Gasteiger charge is 2.23. The normalized spacial score (nSPS) is 15.8. The molecule has 98 valence electrons. The third kappa shape index (κ3) is 8.05. The first kappa shape index (κ1) is 15.8. The highest BCUT2D eigenvalue weighted by molar-refractivity contribution is 4.78. The Morgan fingerprint density at radius 2 is 1.94 bits per heavy atom. The van der Waals surface area contributed by atoms with Crippen molar-refractivity contribution < 1.29 is 9.84 Å². The molecule has 4 heteroatoms. The van der Waals surface area contributed by atoms with Crippen LogP contribution in [0.4, 0.5) is 0 Å². The number of nitrogens with zero attached hydrogens (tertiary/aromatic N) is 1. The molecule has 0 aromatic heterocycles. The van der Waals surface area contributed by atoms with E-state index in [0.29, 0.717) is 13.2 Å². The van der Waals surface area contributed by atoms with Gasteiger partial charge in [0, 0.05) is 19.6 Å². The molecule has 0 aromatic rings. The minimum Gasteiger partial charge on any atom is -0.389 e. The van der Waals surface area contributed by atoms with Crippen LogP contribution in [0.5, 0.6) is 0 Å². The second-order valence-electron chi connectivity index (χ2n) is 5.10. The first-order chi connectivity index (χ1) is 7.36. The molecular formula is C12H28N2O2. The van der Waals surface area contributed by atoms with E-state index >= 15 is 0 Å². The number of hydrogen-bond donors (Lipinski definition) is 2. The molecule has 0 aliphatic rings. The fourth-order valence-electron chi connectivity index (χ4n) is 1.04. The van der Waals surface area contributed by atoms with Crippen molar-refractivity contribution in [1.82, 2.24) is 10.2 Å². The number of nitrogens with one attached hydrogen (secondary N) is 1. The molecule has 0 aromatic carbocycles. The van der Waals surface area contributed by atoms with Gasteiger partial charge < -0.3 is 20.1 Å². The summed E-state index contributed by atoms with van der Waals surface area (Å²) >= 11 is 0. The Hall–Kier alpha value is -0.160. The zero-order valence-electron chi connectivity index (χ0n) is 11.4. The predicted octanol–water partition coefficient (Wildman–Crippen LogP) is 0.561. The lowest BCUT2D eigenvalue weighted by atomic mass is 9.93. The van der Waals surface area contributed by atoms with E-state index in [2.05, 4.69) is 10.2 Å². The summed E-state index contributed by atoms with van der Waals surface area (Å²) in [6.07, 6.45) is 0. The highest BCUT2D eigenvalue weighted by atomic mass is 16.5. The Morgan fingerprint density at radius 3 is 2.44 bits per heavy atom. The highest BCUT2D eigenvalue weighted by Crippen LogP contribution is 2.13. The molecule has 0 saturated carbocycles. The number of ether oxygens (including phenoxy) is 1. The van der Waals surface area contributed by atoms with Gasteiger partial charge in [-0.1, -0.05) is 13.8 Å². The van der Waals surface area contributed by atoms with E-state index in [9.17, 15) is 5.11 Å². The fraction of sp³-hybridized carbons (Fsp3) is 1.00. The summed E-state index contributed by atoms with van der Waals surface area (Å²) in [5.74, 6) is 0.259. The molecule has 0 aliphatic carbocycles. The minimum atomic E-state index is -0.635. The quantitative estimate of drug-likeness (QED) is 0.570. The van der Waals surface area contributed by atoms with E-state index in [1.807, 2.05) is 34.9 Å². The van der Waals surface area contributed by atoms with Crippen molar-refractivity contribution in [2.75, 3.05) is 46.9 Å². The smallest absolute Gasteiger partial charge is 0.0766 e. The molecule has 0 amide bonds. The van der Waals surface area contributed by atoms with Crippen LogP contribution in [0, 0.1) is 5.92 Å². The standard InChI is InChI=1S/C12H28N2O2/c1-11(2)12(3,15)10-13-6-8-16-9-7-14(4)5/h11,13,15H,6-10H2,1-5H3. The summed E-state index contributed by atoms with van der Waals surface area (Å²) in [6, 6.07) is 0. The molecule has 0 heterocycles. The molecule has 1 atom stereocenters. The van der Waals surface area contributed by atoms with Crippen LogP contribution in [-0.4, -0.2) is 62.6 Å². The van der Waals surface area contributed by atoms with Crippen molar-refractivity contribution in [3.05, 3.63) is 0 Å². The molecule has 16 heavy (non-hydrogen) atoms. The summed E-state index contributed by atoms with van der Waals surface area (Å²) in [5.41, 5.74) is -0.635. The van der Waals surface area contributed by atoms with Crippen LogP contribution < -0.4 is 5.32 Å². The molecule has 1 unspecified atom stereocenters. The second kappa shape index (κ2) is 8.01. The first-order valence-electron chi connectivity index (χ1n) is 6.02. The first-order valence-corrected chi connectivity index (χ1v) is 6.02. The molecule has 0 bridgehead atoms. The number of likely N-dealkylation sites (N-methyl/N-ethyl adjacent to an activating group) is 1. The predicted molar refractivity (Wildman–Crippen MR) is 67.7 cm³/mol. The van der Waals surface area contributed by atoms with Gasteiger partial charge in [0.25, 0.3) is 0 Å². The van der Waals surface area contributed by atoms with Crippen molar-refractivity contribution >= 4 is 0 Å². The van der Waals surface area contributed by atoms with Crippen LogP contribution in [0.3, 0.4) is 0 Å². The average molecular weight is 232 g/mol. The van der Waals surface area contributed by atoms with Crippen LogP contribution in [0.2, 0.25) is 0 Å². The van der Waals surface area contributed by atoms with Gasteiger partial charge in [-0.15, -0.1) is 0 Å². The van der Waals surface area contributed by atoms with E-state index < -0.39 is 5.60 Å². The van der Waals surface area contributed by atoms with Crippen molar-refractivity contribution in [2.24, 2.45) is 5.92 Å². The lowest BCUT2D eigenvalue weighted by molar-refractivity contribution is 0.0123. The Morgan fingerprint density at radius 1 is 1.31 bits per heavy atom. The third-order valence-corrected chi connectivity index (χ3v) is 2.83. The molecule has 2 N–H and O–H groups in total. The van der Waals surface area contributed by atoms with E-state index in [1.54, 1.807) is 0 Å². The van der Waals surface area contributed by atoms with E-state index in [4.69, 9.17) is 4.74 Å². The molecule has 0 fully saturated rings. The van der Waals surface area contributed by atoms with Crippen LogP contribution in [0.1, 0.15) is 20.8 Å². The van der Waals surface area contributed by atoms with Gasteiger partial charge in [-0.25, -0.2) is 0 Å². The van der Waals surface area contributed by atoms with Gasteiger partial charge in [-0.3, -0.25) is 0 Å². The fourth-order valence-corrected chi connectivity index (χ4v) is 1.04. The molecule has 0 spiro atoms. The number of aliphatic hydroxyl groups is 1. The molecule has 4 nitrogen and oxygen atoms in total. The van der Waals surface area contributed by atoms with Gasteiger partial charge >= 0.3 is 0 Å². The Bertz CT molecular complexity index is 170. The van der Waals surface area contributed by atoms with Crippen LogP contribution in [-0.2, 0) is 4.74 Å². The monoisotopic (exact) mass is 232 g/mol. The third-order valence-electron chi connectivity index (χ3n) is 2.83. The minimum absolute atomic E-state index is 0.259. The Labute approximate surface area is 100.0 Å². The van der Waals surface area contributed by atoms with Gasteiger partial charge in [0.2, 0.25) is 0 Å². The molecule has 0 rings (SSSR count). The van der Waals surface area contributed by atoms with Gasteiger partial charge in [0.1, 0.15) is 0 Å². The average Bonchev–Trinajstić information content (AvgIpc) is 2.15. The summed E-state index contributed by atoms with van der Waals surface area (Å²) in [5, 5.41) is 13.2. The van der Waals surface area contributed by atoms with E-state index in [-0.39, 0.29) is 5.92 Å². The van der Waals surface area contributed by atoms with Gasteiger partial charge in [0.05, 0.1) is 18.8 Å². The van der Waals surface area contributed by atoms with Crippen LogP contribution in [0.25, 0.3) is 0 Å². The van der Waals surface area contributed by atoms with E-state index in [0.717, 1.165) is 19.7 Å². The molecular weight excluding hydrogens is 204 g/mol. The SMILES string of the molecule is CC(C)C(C)(O)CNCCOCCN(C)C. The maximum Gasteiger partial charge on any atom is 0.0766 e. The summed E-state index contributed by atoms with van der Waals surface area (Å²) < 4.78 is 5.43. The molecule has 0 radical (unpaired) electrons. The van der Waals surface area contributed by atoms with Crippen LogP contribution in [0.15, 0.2) is 0 Å². The largest absolute Gasteiger partial charge is 0.389 e. The molecule has 0 saturated heterocycles. The number of hydrogen-bond acceptors (Lipinski definition) is 4. The Balaban J connectivity index is 3.34. The second-order valence-corrected chi connectivity index (χ2v) is 5.10. The summed E-state index contributed by atoms with van der Waals surface area (Å²) in [4.78, 5) is 2.09. The molecule has 0 aliphatic heterocycles. The van der Waals surface area contributed by atoms with Crippen molar-refractivity contribution in [3.63, 3.8) is 0 Å². The van der Waals surface area contributed by atoms with Crippen molar-refractivity contribution in [1.29, 1.82) is 0 Å². The van der Waals surface area contributed by atoms with Gasteiger partial charge in [0.15, 0.2) is 0 Å². The maximum absolute atomic E-state index is 9.96. The summed E-state index contributed by atoms with van der Waals surface area (Å²) in [7, 11) is 4.06. The summed E-state index contributed by atoms with van der Waals surface area (Å²) in [6.45, 7) is 9.71. The van der Waals surface area contributed by atoms with Crippen molar-refractivity contribution in [3.8, 4) is 0 Å². The van der Waals surface area contributed by atoms with E-state index in [1.165, 1.54) is 0 Å².